The lowest BCUT2D eigenvalue weighted by Gasteiger charge is -2.13. The molecule has 0 aliphatic carbocycles. The molecule has 0 saturated carbocycles. The van der Waals surface area contributed by atoms with E-state index in [4.69, 9.17) is 0 Å². The Hall–Kier alpha value is -1.11. The van der Waals surface area contributed by atoms with Crippen molar-refractivity contribution in [3.05, 3.63) is 35.1 Å². The van der Waals surface area contributed by atoms with E-state index in [1.807, 2.05) is 0 Å². The third-order valence-electron chi connectivity index (χ3n) is 2.27. The quantitative estimate of drug-likeness (QED) is 0.796. The molecule has 0 aromatic heterocycles. The molecule has 0 radical (unpaired) electrons. The fraction of sp³-hybridized carbons (Fsp3) is 0.455. The summed E-state index contributed by atoms with van der Waals surface area (Å²) in [4.78, 5) is 0. The van der Waals surface area contributed by atoms with E-state index in [9.17, 15) is 26.0 Å². The molecule has 0 aliphatic rings. The van der Waals surface area contributed by atoms with Gasteiger partial charge in [0.25, 0.3) is 0 Å². The summed E-state index contributed by atoms with van der Waals surface area (Å²) < 4.78 is 73.7. The van der Waals surface area contributed by atoms with Crippen LogP contribution in [0, 0.1) is 5.82 Å². The summed E-state index contributed by atoms with van der Waals surface area (Å²) >= 11 is 0. The van der Waals surface area contributed by atoms with Gasteiger partial charge in [0.15, 0.2) is 9.84 Å². The van der Waals surface area contributed by atoms with E-state index in [1.165, 1.54) is 0 Å². The van der Waals surface area contributed by atoms with E-state index in [1.54, 1.807) is 6.92 Å². The topological polar surface area (TPSA) is 34.1 Å². The summed E-state index contributed by atoms with van der Waals surface area (Å²) in [6.07, 6.45) is -4.44. The van der Waals surface area contributed by atoms with Crippen LogP contribution in [0.2, 0.25) is 0 Å². The van der Waals surface area contributed by atoms with Gasteiger partial charge in [-0.05, 0) is 24.1 Å². The molecule has 0 heterocycles. The van der Waals surface area contributed by atoms with Crippen molar-refractivity contribution >= 4 is 9.84 Å². The molecular weight excluding hydrogens is 272 g/mol. The normalized spacial score (nSPS) is 12.7. The van der Waals surface area contributed by atoms with Crippen LogP contribution in [0.3, 0.4) is 0 Å². The van der Waals surface area contributed by atoms with Crippen molar-refractivity contribution in [3.63, 3.8) is 0 Å². The van der Waals surface area contributed by atoms with Gasteiger partial charge in [0.1, 0.15) is 5.82 Å². The molecule has 0 fully saturated rings. The molecular formula is C11H12F4O2S. The van der Waals surface area contributed by atoms with Gasteiger partial charge in [0.2, 0.25) is 0 Å². The molecule has 0 saturated heterocycles. The minimum absolute atomic E-state index is 0.193. The van der Waals surface area contributed by atoms with E-state index in [-0.39, 0.29) is 5.75 Å². The molecule has 0 unspecified atom stereocenters. The standard InChI is InChI=1S/C11H12F4O2S/c1-2-5-18(16,17)7-8-3-4-9(12)6-10(8)11(13,14)15/h3-4,6H,2,5,7H2,1H3. The molecule has 2 nitrogen and oxygen atoms in total. The van der Waals surface area contributed by atoms with Crippen LogP contribution in [0.4, 0.5) is 17.6 Å². The van der Waals surface area contributed by atoms with E-state index in [2.05, 4.69) is 0 Å². The first kappa shape index (κ1) is 14.9. The molecule has 18 heavy (non-hydrogen) atoms. The molecule has 0 amide bonds. The van der Waals surface area contributed by atoms with Crippen LogP contribution < -0.4 is 0 Å². The largest absolute Gasteiger partial charge is 0.416 e. The van der Waals surface area contributed by atoms with E-state index in [0.29, 0.717) is 12.5 Å². The van der Waals surface area contributed by atoms with Gasteiger partial charge < -0.3 is 0 Å². The second kappa shape index (κ2) is 5.26. The number of alkyl halides is 3. The monoisotopic (exact) mass is 284 g/mol. The van der Waals surface area contributed by atoms with Crippen LogP contribution in [-0.2, 0) is 21.8 Å². The lowest BCUT2D eigenvalue weighted by Crippen LogP contribution is -2.15. The van der Waals surface area contributed by atoms with Crippen molar-refractivity contribution in [3.8, 4) is 0 Å². The summed E-state index contributed by atoms with van der Waals surface area (Å²) in [7, 11) is -3.60. The maximum absolute atomic E-state index is 12.8. The number of benzene rings is 1. The molecule has 102 valence electrons. The van der Waals surface area contributed by atoms with E-state index < -0.39 is 38.7 Å². The Labute approximate surface area is 103 Å². The Kier molecular flexibility index (Phi) is 4.37. The maximum atomic E-state index is 12.8. The Balaban J connectivity index is 3.18. The number of hydrogen-bond acceptors (Lipinski definition) is 2. The lowest BCUT2D eigenvalue weighted by molar-refractivity contribution is -0.138. The van der Waals surface area contributed by atoms with Gasteiger partial charge in [-0.1, -0.05) is 13.0 Å². The molecule has 0 atom stereocenters. The highest BCUT2D eigenvalue weighted by Gasteiger charge is 2.34. The van der Waals surface area contributed by atoms with Gasteiger partial charge in [0.05, 0.1) is 17.1 Å². The molecule has 0 spiro atoms. The van der Waals surface area contributed by atoms with E-state index >= 15 is 0 Å². The predicted molar refractivity (Wildman–Crippen MR) is 59.2 cm³/mol. The van der Waals surface area contributed by atoms with Crippen LogP contribution in [0.1, 0.15) is 24.5 Å². The van der Waals surface area contributed by atoms with Gasteiger partial charge in [0, 0.05) is 0 Å². The van der Waals surface area contributed by atoms with Gasteiger partial charge in [-0.15, -0.1) is 0 Å². The lowest BCUT2D eigenvalue weighted by atomic mass is 10.1. The van der Waals surface area contributed by atoms with Crippen molar-refractivity contribution in [1.82, 2.24) is 0 Å². The average Bonchev–Trinajstić information content (AvgIpc) is 2.18. The van der Waals surface area contributed by atoms with Gasteiger partial charge in [-0.3, -0.25) is 0 Å². The van der Waals surface area contributed by atoms with Gasteiger partial charge in [-0.25, -0.2) is 12.8 Å². The Morgan fingerprint density at radius 2 is 1.83 bits per heavy atom. The average molecular weight is 284 g/mol. The second-order valence-corrected chi connectivity index (χ2v) is 6.08. The zero-order valence-corrected chi connectivity index (χ0v) is 10.4. The highest BCUT2D eigenvalue weighted by Crippen LogP contribution is 2.33. The van der Waals surface area contributed by atoms with Crippen molar-refractivity contribution in [2.75, 3.05) is 5.75 Å². The molecule has 0 bridgehead atoms. The zero-order chi connectivity index (χ0) is 14.0. The van der Waals surface area contributed by atoms with Crippen LogP contribution >= 0.6 is 0 Å². The maximum Gasteiger partial charge on any atom is 0.416 e. The fourth-order valence-corrected chi connectivity index (χ4v) is 3.05. The fourth-order valence-electron chi connectivity index (χ4n) is 1.56. The molecule has 0 N–H and O–H groups in total. The van der Waals surface area contributed by atoms with Gasteiger partial charge in [-0.2, -0.15) is 13.2 Å². The highest BCUT2D eigenvalue weighted by molar-refractivity contribution is 7.90. The first-order valence-electron chi connectivity index (χ1n) is 5.22. The van der Waals surface area contributed by atoms with Crippen molar-refractivity contribution < 1.29 is 26.0 Å². The Morgan fingerprint density at radius 1 is 1.22 bits per heavy atom. The second-order valence-electron chi connectivity index (χ2n) is 3.89. The van der Waals surface area contributed by atoms with Crippen LogP contribution in [0.15, 0.2) is 18.2 Å². The summed E-state index contributed by atoms with van der Waals surface area (Å²) in [6.45, 7) is 1.62. The summed E-state index contributed by atoms with van der Waals surface area (Å²) in [6, 6.07) is 2.01. The van der Waals surface area contributed by atoms with Gasteiger partial charge >= 0.3 is 6.18 Å². The Bertz CT molecular complexity index is 520. The Morgan fingerprint density at radius 3 is 2.33 bits per heavy atom. The minimum atomic E-state index is -4.76. The SMILES string of the molecule is CCCS(=O)(=O)Cc1ccc(F)cc1C(F)(F)F. The zero-order valence-electron chi connectivity index (χ0n) is 9.59. The van der Waals surface area contributed by atoms with Crippen LogP contribution in [0.5, 0.6) is 0 Å². The molecule has 1 aromatic carbocycles. The number of sulfone groups is 1. The van der Waals surface area contributed by atoms with Crippen LogP contribution in [0.25, 0.3) is 0 Å². The molecule has 1 aromatic rings. The third kappa shape index (κ3) is 3.97. The first-order chi connectivity index (χ1) is 8.15. The van der Waals surface area contributed by atoms with Crippen molar-refractivity contribution in [2.45, 2.75) is 25.3 Å². The van der Waals surface area contributed by atoms with Crippen molar-refractivity contribution in [1.29, 1.82) is 0 Å². The van der Waals surface area contributed by atoms with E-state index in [0.717, 1.165) is 12.1 Å². The number of rotatable bonds is 4. The summed E-state index contributed by atoms with van der Waals surface area (Å²) in [5.41, 5.74) is -1.65. The molecule has 1 rings (SSSR count). The molecule has 0 aliphatic heterocycles. The smallest absolute Gasteiger partial charge is 0.228 e. The third-order valence-corrected chi connectivity index (χ3v) is 4.05. The highest BCUT2D eigenvalue weighted by atomic mass is 32.2. The molecule has 7 heteroatoms. The predicted octanol–water partition coefficient (Wildman–Crippen LogP) is 3.17. The summed E-state index contributed by atoms with van der Waals surface area (Å²) in [5, 5.41) is 0. The van der Waals surface area contributed by atoms with Crippen LogP contribution in [-0.4, -0.2) is 14.2 Å². The summed E-state index contributed by atoms with van der Waals surface area (Å²) in [5.74, 6) is -1.96. The van der Waals surface area contributed by atoms with Crippen molar-refractivity contribution in [2.24, 2.45) is 0 Å². The first-order valence-corrected chi connectivity index (χ1v) is 7.04. The minimum Gasteiger partial charge on any atom is -0.228 e. The number of halogens is 4. The number of hydrogen-bond donors (Lipinski definition) is 0.